The zero-order valence-corrected chi connectivity index (χ0v) is 23.7. The minimum Gasteiger partial charge on any atom is -0.309 e. The molecular weight excluding hydrogens is 529 g/mol. The van der Waals surface area contributed by atoms with Crippen molar-refractivity contribution in [3.8, 4) is 11.3 Å². The summed E-state index contributed by atoms with van der Waals surface area (Å²) in [5.74, 6) is 0. The first-order chi connectivity index (χ1) is 20.7. The molecule has 0 saturated heterocycles. The van der Waals surface area contributed by atoms with Gasteiger partial charge in [-0.25, -0.2) is 4.98 Å². The fraction of sp³-hybridized carbons (Fsp3) is 0. The van der Waals surface area contributed by atoms with Crippen LogP contribution in [0.25, 0.3) is 54.5 Å². The maximum absolute atomic E-state index is 15.0. The summed E-state index contributed by atoms with van der Waals surface area (Å²) in [5, 5.41) is 10.8. The molecule has 0 aliphatic rings. The van der Waals surface area contributed by atoms with E-state index in [2.05, 4.69) is 78.9 Å². The Hall–Kier alpha value is -5.04. The standard InChI is InChI=1S/C39H26NOP/c41-42(28-13-3-1-4-14-28,29-15-5-2-6-16-29)30-25-23-27(24-26-30)39-38-34-20-10-8-18-32(34)31-17-7-9-19-33(31)37(38)35-21-11-12-22-36(35)40-39/h1-26H. The Morgan fingerprint density at radius 1 is 0.381 bits per heavy atom. The van der Waals surface area contributed by atoms with Crippen molar-refractivity contribution in [1.82, 2.24) is 4.98 Å². The predicted molar refractivity (Wildman–Crippen MR) is 179 cm³/mol. The lowest BCUT2D eigenvalue weighted by Crippen LogP contribution is -2.24. The summed E-state index contributed by atoms with van der Waals surface area (Å²) < 4.78 is 15.0. The van der Waals surface area contributed by atoms with Gasteiger partial charge in [-0.2, -0.15) is 0 Å². The van der Waals surface area contributed by atoms with Crippen molar-refractivity contribution in [2.24, 2.45) is 0 Å². The highest BCUT2D eigenvalue weighted by Gasteiger charge is 2.29. The van der Waals surface area contributed by atoms with E-state index >= 15 is 0 Å². The number of rotatable bonds is 4. The van der Waals surface area contributed by atoms with Gasteiger partial charge in [0.25, 0.3) is 0 Å². The highest BCUT2D eigenvalue weighted by molar-refractivity contribution is 7.85. The third kappa shape index (κ3) is 3.73. The molecule has 3 heteroatoms. The molecule has 8 rings (SSSR count). The van der Waals surface area contributed by atoms with Crippen molar-refractivity contribution in [1.29, 1.82) is 0 Å². The van der Waals surface area contributed by atoms with Crippen molar-refractivity contribution < 1.29 is 4.57 Å². The molecule has 198 valence electrons. The summed E-state index contributed by atoms with van der Waals surface area (Å²) in [5.41, 5.74) is 2.90. The van der Waals surface area contributed by atoms with E-state index in [0.717, 1.165) is 43.5 Å². The van der Waals surface area contributed by atoms with Crippen LogP contribution >= 0.6 is 7.14 Å². The molecule has 0 bridgehead atoms. The second-order valence-electron chi connectivity index (χ2n) is 10.6. The number of benzene rings is 7. The highest BCUT2D eigenvalue weighted by Crippen LogP contribution is 2.45. The number of nitrogens with zero attached hydrogens (tertiary/aromatic N) is 1. The second kappa shape index (κ2) is 9.80. The highest BCUT2D eigenvalue weighted by atomic mass is 31.2. The van der Waals surface area contributed by atoms with Crippen LogP contribution in [0.3, 0.4) is 0 Å². The van der Waals surface area contributed by atoms with Crippen LogP contribution in [0.4, 0.5) is 0 Å². The Morgan fingerprint density at radius 3 is 1.38 bits per heavy atom. The van der Waals surface area contributed by atoms with Gasteiger partial charge in [-0.1, -0.05) is 152 Å². The van der Waals surface area contributed by atoms with Gasteiger partial charge in [-0.05, 0) is 27.6 Å². The molecular formula is C39H26NOP. The Balaban J connectivity index is 1.42. The number of fused-ring (bicyclic) bond motifs is 8. The van der Waals surface area contributed by atoms with Gasteiger partial charge in [-0.15, -0.1) is 0 Å². The van der Waals surface area contributed by atoms with Crippen molar-refractivity contribution in [2.75, 3.05) is 0 Å². The third-order valence-corrected chi connectivity index (χ3v) is 11.4. The normalized spacial score (nSPS) is 11.9. The first-order valence-electron chi connectivity index (χ1n) is 14.2. The molecule has 0 radical (unpaired) electrons. The molecule has 42 heavy (non-hydrogen) atoms. The third-order valence-electron chi connectivity index (χ3n) is 8.32. The van der Waals surface area contributed by atoms with Gasteiger partial charge in [0, 0.05) is 37.6 Å². The predicted octanol–water partition coefficient (Wildman–Crippen LogP) is 9.00. The fourth-order valence-corrected chi connectivity index (χ4v) is 9.03. The molecule has 0 aliphatic heterocycles. The molecule has 0 N–H and O–H groups in total. The molecule has 1 heterocycles. The van der Waals surface area contributed by atoms with Gasteiger partial charge in [0.05, 0.1) is 11.2 Å². The summed E-state index contributed by atoms with van der Waals surface area (Å²) in [6.45, 7) is 0. The monoisotopic (exact) mass is 555 g/mol. The Bertz CT molecular complexity index is 2270. The van der Waals surface area contributed by atoms with Gasteiger partial charge in [0.15, 0.2) is 7.14 Å². The fourth-order valence-electron chi connectivity index (χ4n) is 6.39. The van der Waals surface area contributed by atoms with Gasteiger partial charge in [0.2, 0.25) is 0 Å². The van der Waals surface area contributed by atoms with Crippen LogP contribution in [-0.2, 0) is 4.57 Å². The minimum atomic E-state index is -3.07. The van der Waals surface area contributed by atoms with Gasteiger partial charge >= 0.3 is 0 Å². The summed E-state index contributed by atoms with van der Waals surface area (Å²) in [4.78, 5) is 5.27. The lowest BCUT2D eigenvalue weighted by molar-refractivity contribution is 0.592. The molecule has 8 aromatic rings. The molecule has 1 aromatic heterocycles. The van der Waals surface area contributed by atoms with Gasteiger partial charge < -0.3 is 4.57 Å². The van der Waals surface area contributed by atoms with E-state index in [-0.39, 0.29) is 0 Å². The molecule has 0 saturated carbocycles. The summed E-state index contributed by atoms with van der Waals surface area (Å²) in [7, 11) is -3.07. The second-order valence-corrected chi connectivity index (χ2v) is 13.4. The number of hydrogen-bond acceptors (Lipinski definition) is 2. The summed E-state index contributed by atoms with van der Waals surface area (Å²) in [6, 6.07) is 53.6. The average Bonchev–Trinajstić information content (AvgIpc) is 3.08. The first kappa shape index (κ1) is 24.7. The van der Waals surface area contributed by atoms with Crippen LogP contribution in [0.2, 0.25) is 0 Å². The Labute approximate surface area is 244 Å². The van der Waals surface area contributed by atoms with Crippen LogP contribution in [-0.4, -0.2) is 4.98 Å². The Morgan fingerprint density at radius 2 is 0.810 bits per heavy atom. The van der Waals surface area contributed by atoms with E-state index in [1.54, 1.807) is 0 Å². The molecule has 0 aliphatic carbocycles. The van der Waals surface area contributed by atoms with Gasteiger partial charge in [-0.3, -0.25) is 0 Å². The number of aromatic nitrogens is 1. The minimum absolute atomic E-state index is 0.809. The number of pyridine rings is 1. The average molecular weight is 556 g/mol. The van der Waals surface area contributed by atoms with Crippen LogP contribution in [0.1, 0.15) is 0 Å². The largest absolute Gasteiger partial charge is 0.309 e. The van der Waals surface area contributed by atoms with Crippen LogP contribution in [0.15, 0.2) is 158 Å². The van der Waals surface area contributed by atoms with Crippen molar-refractivity contribution in [3.63, 3.8) is 0 Å². The van der Waals surface area contributed by atoms with Gasteiger partial charge in [0.1, 0.15) is 0 Å². The topological polar surface area (TPSA) is 30.0 Å². The zero-order chi connectivity index (χ0) is 28.1. The molecule has 0 spiro atoms. The van der Waals surface area contributed by atoms with E-state index in [9.17, 15) is 4.57 Å². The maximum atomic E-state index is 15.0. The zero-order valence-electron chi connectivity index (χ0n) is 22.8. The lowest BCUT2D eigenvalue weighted by Gasteiger charge is -2.20. The molecule has 0 unspecified atom stereocenters. The molecule has 0 atom stereocenters. The lowest BCUT2D eigenvalue weighted by atomic mass is 9.90. The smallest absolute Gasteiger partial charge is 0.171 e. The molecule has 2 nitrogen and oxygen atoms in total. The quantitative estimate of drug-likeness (QED) is 0.160. The van der Waals surface area contributed by atoms with Crippen LogP contribution < -0.4 is 15.9 Å². The maximum Gasteiger partial charge on any atom is 0.171 e. The summed E-state index contributed by atoms with van der Waals surface area (Å²) in [6.07, 6.45) is 0. The SMILES string of the molecule is O=P(c1ccccc1)(c1ccccc1)c1ccc(-c2nc3ccccc3c3c4ccccc4c4ccccc4c23)cc1. The van der Waals surface area contributed by atoms with E-state index in [4.69, 9.17) is 4.98 Å². The van der Waals surface area contributed by atoms with E-state index < -0.39 is 7.14 Å². The molecule has 0 fully saturated rings. The summed E-state index contributed by atoms with van der Waals surface area (Å²) >= 11 is 0. The Kier molecular flexibility index (Phi) is 5.77. The van der Waals surface area contributed by atoms with Crippen molar-refractivity contribution in [2.45, 2.75) is 0 Å². The number of para-hydroxylation sites is 1. The van der Waals surface area contributed by atoms with E-state index in [1.165, 1.54) is 26.9 Å². The molecule has 7 aromatic carbocycles. The first-order valence-corrected chi connectivity index (χ1v) is 15.9. The van der Waals surface area contributed by atoms with Crippen molar-refractivity contribution >= 4 is 66.3 Å². The van der Waals surface area contributed by atoms with E-state index in [1.807, 2.05) is 78.9 Å². The van der Waals surface area contributed by atoms with Crippen LogP contribution in [0.5, 0.6) is 0 Å². The van der Waals surface area contributed by atoms with Crippen LogP contribution in [0, 0.1) is 0 Å². The number of hydrogen-bond donors (Lipinski definition) is 0. The van der Waals surface area contributed by atoms with Crippen molar-refractivity contribution in [3.05, 3.63) is 158 Å². The van der Waals surface area contributed by atoms with E-state index in [0.29, 0.717) is 0 Å². The molecule has 0 amide bonds.